The maximum atomic E-state index is 6.89. The Hall–Kier alpha value is -3.78. The average Bonchev–Trinajstić information content (AvgIpc) is 3.47. The first-order chi connectivity index (χ1) is 15.2. The quantitative estimate of drug-likeness (QED) is 0.420. The molecule has 6 rings (SSSR count). The zero-order valence-corrected chi connectivity index (χ0v) is 16.9. The molecule has 8 heteroatoms. The van der Waals surface area contributed by atoms with Gasteiger partial charge in [-0.15, -0.1) is 0 Å². The van der Waals surface area contributed by atoms with Crippen LogP contribution in [-0.2, 0) is 5.54 Å². The van der Waals surface area contributed by atoms with E-state index >= 15 is 0 Å². The summed E-state index contributed by atoms with van der Waals surface area (Å²) in [5, 5.41) is 0. The summed E-state index contributed by atoms with van der Waals surface area (Å²) in [6, 6.07) is 16.6. The highest BCUT2D eigenvalue weighted by atomic mass is 15.2. The van der Waals surface area contributed by atoms with Crippen molar-refractivity contribution in [2.45, 2.75) is 18.4 Å². The molecule has 0 radical (unpaired) electrons. The third-order valence-corrected chi connectivity index (χ3v) is 6.23. The van der Waals surface area contributed by atoms with Gasteiger partial charge in [-0.25, -0.2) is 19.9 Å². The number of anilines is 1. The van der Waals surface area contributed by atoms with Crippen LogP contribution in [0.5, 0.6) is 0 Å². The Morgan fingerprint density at radius 2 is 1.77 bits per heavy atom. The lowest BCUT2D eigenvalue weighted by Gasteiger charge is -2.38. The van der Waals surface area contributed by atoms with Crippen molar-refractivity contribution in [1.82, 2.24) is 29.9 Å². The number of aromatic amines is 2. The van der Waals surface area contributed by atoms with Crippen molar-refractivity contribution < 1.29 is 0 Å². The summed E-state index contributed by atoms with van der Waals surface area (Å²) in [5.74, 6) is 1.72. The zero-order valence-electron chi connectivity index (χ0n) is 16.9. The molecule has 0 atom stereocenters. The van der Waals surface area contributed by atoms with Crippen LogP contribution in [0.1, 0.15) is 18.7 Å². The Morgan fingerprint density at radius 1 is 0.935 bits per heavy atom. The van der Waals surface area contributed by atoms with E-state index in [0.717, 1.165) is 65.3 Å². The molecule has 0 amide bonds. The van der Waals surface area contributed by atoms with E-state index < -0.39 is 5.54 Å². The largest absolute Gasteiger partial charge is 0.355 e. The van der Waals surface area contributed by atoms with E-state index in [1.165, 1.54) is 0 Å². The molecule has 5 aromatic rings. The van der Waals surface area contributed by atoms with Crippen LogP contribution < -0.4 is 10.6 Å². The number of piperidine rings is 1. The molecule has 4 heterocycles. The third kappa shape index (κ3) is 2.95. The van der Waals surface area contributed by atoms with Gasteiger partial charge in [0.05, 0.1) is 22.9 Å². The highest BCUT2D eigenvalue weighted by Crippen LogP contribution is 2.34. The molecule has 1 saturated heterocycles. The van der Waals surface area contributed by atoms with Crippen LogP contribution >= 0.6 is 0 Å². The summed E-state index contributed by atoms with van der Waals surface area (Å²) in [5.41, 5.74) is 12.2. The predicted octanol–water partition coefficient (Wildman–Crippen LogP) is 3.35. The van der Waals surface area contributed by atoms with Crippen LogP contribution in [0, 0.1) is 0 Å². The van der Waals surface area contributed by atoms with Crippen LogP contribution in [0.25, 0.3) is 33.3 Å². The van der Waals surface area contributed by atoms with Gasteiger partial charge in [0.15, 0.2) is 11.5 Å². The van der Waals surface area contributed by atoms with Crippen LogP contribution in [0.15, 0.2) is 61.2 Å². The van der Waals surface area contributed by atoms with E-state index in [9.17, 15) is 0 Å². The molecule has 4 N–H and O–H groups in total. The number of para-hydroxylation sites is 1. The van der Waals surface area contributed by atoms with Gasteiger partial charge < -0.3 is 20.6 Å². The summed E-state index contributed by atoms with van der Waals surface area (Å²) >= 11 is 0. The summed E-state index contributed by atoms with van der Waals surface area (Å²) in [6.07, 6.45) is 4.76. The second-order valence-corrected chi connectivity index (χ2v) is 8.09. The predicted molar refractivity (Wildman–Crippen MR) is 121 cm³/mol. The van der Waals surface area contributed by atoms with Gasteiger partial charge in [-0.05, 0) is 24.5 Å². The van der Waals surface area contributed by atoms with Crippen LogP contribution in [0.2, 0.25) is 0 Å². The highest BCUT2D eigenvalue weighted by molar-refractivity contribution is 5.92. The summed E-state index contributed by atoms with van der Waals surface area (Å²) < 4.78 is 0. The topological polar surface area (TPSA) is 112 Å². The summed E-state index contributed by atoms with van der Waals surface area (Å²) in [6.45, 7) is 1.56. The fourth-order valence-corrected chi connectivity index (χ4v) is 4.47. The lowest BCUT2D eigenvalue weighted by molar-refractivity contribution is 0.327. The average molecular weight is 410 g/mol. The Balaban J connectivity index is 1.31. The number of hydrogen-bond donors (Lipinski definition) is 3. The van der Waals surface area contributed by atoms with Gasteiger partial charge in [0.2, 0.25) is 0 Å². The Kier molecular flexibility index (Phi) is 4.00. The Bertz CT molecular complexity index is 1360. The van der Waals surface area contributed by atoms with Gasteiger partial charge >= 0.3 is 0 Å². The summed E-state index contributed by atoms with van der Waals surface area (Å²) in [4.78, 5) is 26.8. The van der Waals surface area contributed by atoms with Crippen molar-refractivity contribution >= 4 is 28.0 Å². The van der Waals surface area contributed by atoms with E-state index in [4.69, 9.17) is 10.7 Å². The number of imidazole rings is 2. The number of benzene rings is 2. The van der Waals surface area contributed by atoms with Crippen molar-refractivity contribution in [3.63, 3.8) is 0 Å². The molecular weight excluding hydrogens is 388 g/mol. The molecular formula is C23H22N8. The molecule has 0 spiro atoms. The third-order valence-electron chi connectivity index (χ3n) is 6.23. The van der Waals surface area contributed by atoms with Gasteiger partial charge in [0.1, 0.15) is 17.7 Å². The SMILES string of the molecule is NC1(c2nc3c(-c4ccccc4)cccc3[nH]2)CCN(c2ncnc3nc[nH]c23)CC1. The second kappa shape index (κ2) is 6.88. The van der Waals surface area contributed by atoms with E-state index in [0.29, 0.717) is 5.65 Å². The molecule has 2 aromatic carbocycles. The van der Waals surface area contributed by atoms with Gasteiger partial charge in [0, 0.05) is 18.7 Å². The van der Waals surface area contributed by atoms with E-state index in [2.05, 4.69) is 60.2 Å². The standard InChI is InChI=1S/C23H22N8/c24-23(9-11-31(12-10-23)21-19-20(26-13-25-19)27-14-28-21)22-29-17-8-4-7-16(18(17)30-22)15-5-2-1-3-6-15/h1-8,13-14H,9-12,24H2,(H,29,30)(H,25,26,27,28). The second-order valence-electron chi connectivity index (χ2n) is 8.09. The minimum absolute atomic E-state index is 0.510. The minimum Gasteiger partial charge on any atom is -0.355 e. The number of H-pyrrole nitrogens is 2. The van der Waals surface area contributed by atoms with Gasteiger partial charge in [-0.1, -0.05) is 42.5 Å². The van der Waals surface area contributed by atoms with Crippen molar-refractivity contribution in [1.29, 1.82) is 0 Å². The first kappa shape index (κ1) is 18.0. The van der Waals surface area contributed by atoms with Crippen LogP contribution in [0.4, 0.5) is 5.82 Å². The number of nitrogens with two attached hydrogens (primary N) is 1. The number of aromatic nitrogens is 6. The molecule has 154 valence electrons. The van der Waals surface area contributed by atoms with E-state index in [-0.39, 0.29) is 0 Å². The van der Waals surface area contributed by atoms with Crippen molar-refractivity contribution in [3.05, 3.63) is 67.0 Å². The maximum absolute atomic E-state index is 6.89. The van der Waals surface area contributed by atoms with Crippen molar-refractivity contribution in [2.75, 3.05) is 18.0 Å². The monoisotopic (exact) mass is 410 g/mol. The number of hydrogen-bond acceptors (Lipinski definition) is 6. The molecule has 3 aromatic heterocycles. The van der Waals surface area contributed by atoms with Crippen molar-refractivity contribution in [3.8, 4) is 11.1 Å². The molecule has 31 heavy (non-hydrogen) atoms. The zero-order chi connectivity index (χ0) is 20.8. The first-order valence-corrected chi connectivity index (χ1v) is 10.4. The normalized spacial score (nSPS) is 16.2. The van der Waals surface area contributed by atoms with Crippen LogP contribution in [-0.4, -0.2) is 43.0 Å². The fraction of sp³-hybridized carbons (Fsp3) is 0.217. The lowest BCUT2D eigenvalue weighted by Crippen LogP contribution is -2.49. The number of nitrogens with one attached hydrogen (secondary N) is 2. The molecule has 0 unspecified atom stereocenters. The number of rotatable bonds is 3. The fourth-order valence-electron chi connectivity index (χ4n) is 4.47. The smallest absolute Gasteiger partial charge is 0.182 e. The van der Waals surface area contributed by atoms with Crippen LogP contribution in [0.3, 0.4) is 0 Å². The lowest BCUT2D eigenvalue weighted by atomic mass is 9.88. The Labute approximate surface area is 178 Å². The highest BCUT2D eigenvalue weighted by Gasteiger charge is 2.36. The molecule has 1 aliphatic heterocycles. The maximum Gasteiger partial charge on any atom is 0.182 e. The van der Waals surface area contributed by atoms with Crippen molar-refractivity contribution in [2.24, 2.45) is 5.73 Å². The number of nitrogens with zero attached hydrogens (tertiary/aromatic N) is 5. The molecule has 0 bridgehead atoms. The minimum atomic E-state index is -0.510. The molecule has 1 fully saturated rings. The molecule has 0 aliphatic carbocycles. The molecule has 1 aliphatic rings. The number of fused-ring (bicyclic) bond motifs is 2. The first-order valence-electron chi connectivity index (χ1n) is 10.4. The van der Waals surface area contributed by atoms with Gasteiger partial charge in [0.25, 0.3) is 0 Å². The summed E-state index contributed by atoms with van der Waals surface area (Å²) in [7, 11) is 0. The Morgan fingerprint density at radius 3 is 2.61 bits per heavy atom. The van der Waals surface area contributed by atoms with E-state index in [1.54, 1.807) is 12.7 Å². The molecule has 0 saturated carbocycles. The molecule has 8 nitrogen and oxygen atoms in total. The van der Waals surface area contributed by atoms with Gasteiger partial charge in [-0.2, -0.15) is 0 Å². The van der Waals surface area contributed by atoms with Gasteiger partial charge in [-0.3, -0.25) is 0 Å². The van der Waals surface area contributed by atoms with E-state index in [1.807, 2.05) is 18.2 Å².